The van der Waals surface area contributed by atoms with Gasteiger partial charge in [-0.1, -0.05) is 133 Å². The molecule has 0 aliphatic rings. The van der Waals surface area contributed by atoms with E-state index in [2.05, 4.69) is 156 Å². The van der Waals surface area contributed by atoms with Crippen LogP contribution in [-0.4, -0.2) is 19.5 Å². The molecule has 10 rings (SSSR count). The maximum Gasteiger partial charge on any atom is 0.164 e. The van der Waals surface area contributed by atoms with E-state index < -0.39 is 0 Å². The van der Waals surface area contributed by atoms with Crippen LogP contribution in [0.2, 0.25) is 0 Å². The van der Waals surface area contributed by atoms with Crippen molar-refractivity contribution in [3.63, 3.8) is 0 Å². The topological polar surface area (TPSA) is 43.6 Å². The van der Waals surface area contributed by atoms with Gasteiger partial charge < -0.3 is 4.57 Å². The molecule has 0 amide bonds. The van der Waals surface area contributed by atoms with Crippen molar-refractivity contribution in [3.05, 3.63) is 170 Å². The molecular formula is C45H28N4. The van der Waals surface area contributed by atoms with Crippen molar-refractivity contribution in [1.82, 2.24) is 19.5 Å². The fourth-order valence-electron chi connectivity index (χ4n) is 7.34. The second-order valence-corrected chi connectivity index (χ2v) is 12.4. The molecule has 0 aliphatic heterocycles. The van der Waals surface area contributed by atoms with E-state index in [1.54, 1.807) is 0 Å². The molecule has 0 radical (unpaired) electrons. The van der Waals surface area contributed by atoms with Crippen molar-refractivity contribution < 1.29 is 0 Å². The minimum Gasteiger partial charge on any atom is -0.309 e. The van der Waals surface area contributed by atoms with E-state index >= 15 is 0 Å². The van der Waals surface area contributed by atoms with Crippen LogP contribution in [0.3, 0.4) is 0 Å². The van der Waals surface area contributed by atoms with Crippen LogP contribution in [0.25, 0.3) is 94.0 Å². The van der Waals surface area contributed by atoms with Crippen LogP contribution in [0.5, 0.6) is 0 Å². The third-order valence-electron chi connectivity index (χ3n) is 9.62. The SMILES string of the molecule is c1ccc(-c2nc(-c3ccc(-n4c5ccccc5c5ccc6ccccc6c54)cc3)nc(-c3cc4ccccc4c4ccccc34)n2)cc1. The van der Waals surface area contributed by atoms with Crippen LogP contribution in [0.4, 0.5) is 0 Å². The highest BCUT2D eigenvalue weighted by molar-refractivity contribution is 6.18. The smallest absolute Gasteiger partial charge is 0.164 e. The van der Waals surface area contributed by atoms with Gasteiger partial charge in [0.05, 0.1) is 11.0 Å². The van der Waals surface area contributed by atoms with Gasteiger partial charge in [0, 0.05) is 38.5 Å². The number of nitrogens with zero attached hydrogens (tertiary/aromatic N) is 4. The largest absolute Gasteiger partial charge is 0.309 e. The Morgan fingerprint density at radius 1 is 0.347 bits per heavy atom. The summed E-state index contributed by atoms with van der Waals surface area (Å²) in [6.07, 6.45) is 0. The van der Waals surface area contributed by atoms with E-state index in [1.807, 2.05) is 18.2 Å². The minimum atomic E-state index is 0.639. The van der Waals surface area contributed by atoms with Gasteiger partial charge in [0.15, 0.2) is 17.5 Å². The van der Waals surface area contributed by atoms with Crippen molar-refractivity contribution in [3.8, 4) is 39.9 Å². The van der Waals surface area contributed by atoms with Crippen molar-refractivity contribution >= 4 is 54.1 Å². The van der Waals surface area contributed by atoms with Gasteiger partial charge in [-0.15, -0.1) is 0 Å². The summed E-state index contributed by atoms with van der Waals surface area (Å²) in [4.78, 5) is 15.3. The number of benzene rings is 8. The average molecular weight is 625 g/mol. The summed E-state index contributed by atoms with van der Waals surface area (Å²) in [7, 11) is 0. The highest BCUT2D eigenvalue weighted by Crippen LogP contribution is 2.38. The predicted octanol–water partition coefficient (Wildman–Crippen LogP) is 11.4. The number of rotatable bonds is 4. The summed E-state index contributed by atoms with van der Waals surface area (Å²) in [5.74, 6) is 1.94. The molecule has 4 heteroatoms. The quantitative estimate of drug-likeness (QED) is 0.183. The third-order valence-corrected chi connectivity index (χ3v) is 9.62. The Hall–Kier alpha value is -6.65. The average Bonchev–Trinajstić information content (AvgIpc) is 3.53. The Balaban J connectivity index is 1.18. The molecule has 0 spiro atoms. The molecule has 49 heavy (non-hydrogen) atoms. The number of aromatic nitrogens is 4. The first-order valence-electron chi connectivity index (χ1n) is 16.5. The van der Waals surface area contributed by atoms with Gasteiger partial charge in [0.25, 0.3) is 0 Å². The highest BCUT2D eigenvalue weighted by atomic mass is 15.0. The summed E-state index contributed by atoms with van der Waals surface area (Å²) < 4.78 is 2.38. The third kappa shape index (κ3) is 4.42. The molecule has 8 aromatic carbocycles. The predicted molar refractivity (Wildman–Crippen MR) is 203 cm³/mol. The maximum absolute atomic E-state index is 5.16. The van der Waals surface area contributed by atoms with Crippen molar-refractivity contribution in [2.45, 2.75) is 0 Å². The van der Waals surface area contributed by atoms with Gasteiger partial charge in [-0.2, -0.15) is 0 Å². The Morgan fingerprint density at radius 3 is 1.69 bits per heavy atom. The normalized spacial score (nSPS) is 11.7. The zero-order chi connectivity index (χ0) is 32.3. The molecule has 0 N–H and O–H groups in total. The van der Waals surface area contributed by atoms with Crippen LogP contribution >= 0.6 is 0 Å². The fourth-order valence-corrected chi connectivity index (χ4v) is 7.34. The van der Waals surface area contributed by atoms with Crippen molar-refractivity contribution in [2.24, 2.45) is 0 Å². The van der Waals surface area contributed by atoms with Crippen LogP contribution in [0, 0.1) is 0 Å². The molecule has 0 unspecified atom stereocenters. The summed E-state index contributed by atoms with van der Waals surface area (Å²) >= 11 is 0. The van der Waals surface area contributed by atoms with Gasteiger partial charge in [-0.05, 0) is 63.3 Å². The standard InChI is InChI=1S/C45H28N4/c1-2-13-30(14-3-1)43-46-44(48-45(47-43)40-28-32-15-5-6-16-34(32)36-18-8-9-19-37(36)40)31-22-25-33(26-23-31)49-41-21-11-10-20-38(41)39-27-24-29-12-4-7-17-35(29)42(39)49/h1-28H. The molecule has 0 aliphatic carbocycles. The molecule has 10 aromatic rings. The molecular weight excluding hydrogens is 597 g/mol. The first kappa shape index (κ1) is 27.5. The number of fused-ring (bicyclic) bond motifs is 8. The minimum absolute atomic E-state index is 0.639. The van der Waals surface area contributed by atoms with E-state index in [-0.39, 0.29) is 0 Å². The maximum atomic E-state index is 5.16. The van der Waals surface area contributed by atoms with Gasteiger partial charge in [0.2, 0.25) is 0 Å². The Kier molecular flexibility index (Phi) is 6.15. The summed E-state index contributed by atoms with van der Waals surface area (Å²) in [5, 5.41) is 9.61. The van der Waals surface area contributed by atoms with Crippen LogP contribution < -0.4 is 0 Å². The molecule has 228 valence electrons. The molecule has 2 aromatic heterocycles. The lowest BCUT2D eigenvalue weighted by Gasteiger charge is -2.13. The fraction of sp³-hybridized carbons (Fsp3) is 0. The van der Waals surface area contributed by atoms with E-state index in [9.17, 15) is 0 Å². The summed E-state index contributed by atoms with van der Waals surface area (Å²) in [6.45, 7) is 0. The monoisotopic (exact) mass is 624 g/mol. The lowest BCUT2D eigenvalue weighted by Crippen LogP contribution is -2.01. The van der Waals surface area contributed by atoms with E-state index in [4.69, 9.17) is 15.0 Å². The summed E-state index contributed by atoms with van der Waals surface area (Å²) in [6, 6.07) is 59.8. The Bertz CT molecular complexity index is 2870. The Morgan fingerprint density at radius 2 is 0.918 bits per heavy atom. The molecule has 0 bridgehead atoms. The van der Waals surface area contributed by atoms with E-state index in [1.165, 1.54) is 43.4 Å². The van der Waals surface area contributed by atoms with Crippen molar-refractivity contribution in [1.29, 1.82) is 0 Å². The first-order chi connectivity index (χ1) is 24.3. The lowest BCUT2D eigenvalue weighted by atomic mass is 9.97. The molecule has 0 atom stereocenters. The van der Waals surface area contributed by atoms with Gasteiger partial charge in [0.1, 0.15) is 0 Å². The van der Waals surface area contributed by atoms with Gasteiger partial charge >= 0.3 is 0 Å². The highest BCUT2D eigenvalue weighted by Gasteiger charge is 2.18. The van der Waals surface area contributed by atoms with E-state index in [0.29, 0.717) is 17.5 Å². The van der Waals surface area contributed by atoms with Gasteiger partial charge in [-0.3, -0.25) is 0 Å². The van der Waals surface area contributed by atoms with Crippen LogP contribution in [-0.2, 0) is 0 Å². The number of hydrogen-bond acceptors (Lipinski definition) is 3. The molecule has 4 nitrogen and oxygen atoms in total. The Labute approximate surface area is 282 Å². The zero-order valence-corrected chi connectivity index (χ0v) is 26.5. The van der Waals surface area contributed by atoms with Crippen LogP contribution in [0.15, 0.2) is 170 Å². The van der Waals surface area contributed by atoms with Crippen molar-refractivity contribution in [2.75, 3.05) is 0 Å². The second-order valence-electron chi connectivity index (χ2n) is 12.4. The summed E-state index contributed by atoms with van der Waals surface area (Å²) in [5.41, 5.74) is 6.35. The molecule has 0 saturated heterocycles. The number of para-hydroxylation sites is 1. The molecule has 0 saturated carbocycles. The van der Waals surface area contributed by atoms with Crippen LogP contribution in [0.1, 0.15) is 0 Å². The first-order valence-corrected chi connectivity index (χ1v) is 16.5. The second kappa shape index (κ2) is 11.0. The molecule has 0 fully saturated rings. The van der Waals surface area contributed by atoms with E-state index in [0.717, 1.165) is 33.2 Å². The molecule has 2 heterocycles. The van der Waals surface area contributed by atoms with Gasteiger partial charge in [-0.25, -0.2) is 15.0 Å². The number of hydrogen-bond donors (Lipinski definition) is 0. The zero-order valence-electron chi connectivity index (χ0n) is 26.5. The lowest BCUT2D eigenvalue weighted by molar-refractivity contribution is 1.08.